The SMILES string of the molecule is COc1cc(-c2ccccc2C)cc([C@H](CC(=O)O)NC(=O)Nc2c(O)c(C)cn(C)c2=O)c1. The van der Waals surface area contributed by atoms with E-state index in [0.717, 1.165) is 16.7 Å². The van der Waals surface area contributed by atoms with E-state index in [2.05, 4.69) is 10.6 Å². The lowest BCUT2D eigenvalue weighted by Crippen LogP contribution is -2.36. The van der Waals surface area contributed by atoms with Crippen LogP contribution in [0.3, 0.4) is 0 Å². The summed E-state index contributed by atoms with van der Waals surface area (Å²) in [6.45, 7) is 3.55. The number of pyridine rings is 1. The van der Waals surface area contributed by atoms with Gasteiger partial charge in [-0.05, 0) is 54.3 Å². The van der Waals surface area contributed by atoms with Crippen LogP contribution in [0.1, 0.15) is 29.2 Å². The van der Waals surface area contributed by atoms with E-state index < -0.39 is 30.0 Å². The number of carboxylic acid groups (broad SMARTS) is 1. The van der Waals surface area contributed by atoms with Crippen LogP contribution >= 0.6 is 0 Å². The summed E-state index contributed by atoms with van der Waals surface area (Å²) in [5.41, 5.74) is 2.78. The summed E-state index contributed by atoms with van der Waals surface area (Å²) in [4.78, 5) is 36.7. The molecule has 0 aliphatic carbocycles. The second-order valence-corrected chi connectivity index (χ2v) is 8.01. The standard InChI is InChI=1S/C25H27N3O6/c1-14-7-5-6-8-19(14)16-9-17(11-18(10-16)34-4)20(12-21(29)30)26-25(33)27-22-23(31)15(2)13-28(3)24(22)32/h5-11,13,20,31H,12H2,1-4H3,(H,29,30)(H2,26,27,33)/t20-/m0/s1. The van der Waals surface area contributed by atoms with Gasteiger partial charge in [0.2, 0.25) is 0 Å². The fraction of sp³-hybridized carbons (Fsp3) is 0.240. The summed E-state index contributed by atoms with van der Waals surface area (Å²) in [7, 11) is 3.00. The molecule has 3 rings (SSSR count). The average molecular weight is 466 g/mol. The van der Waals surface area contributed by atoms with Crippen molar-refractivity contribution in [2.75, 3.05) is 12.4 Å². The van der Waals surface area contributed by atoms with Crippen LogP contribution in [0, 0.1) is 13.8 Å². The molecule has 0 aliphatic heterocycles. The van der Waals surface area contributed by atoms with Crippen molar-refractivity contribution in [3.63, 3.8) is 0 Å². The Morgan fingerprint density at radius 2 is 1.82 bits per heavy atom. The second-order valence-electron chi connectivity index (χ2n) is 8.01. The zero-order chi connectivity index (χ0) is 25.0. The van der Waals surface area contributed by atoms with Gasteiger partial charge in [0.15, 0.2) is 5.69 Å². The maximum atomic E-state index is 12.8. The molecule has 34 heavy (non-hydrogen) atoms. The number of carbonyl (C=O) groups excluding carboxylic acids is 1. The third-order valence-corrected chi connectivity index (χ3v) is 5.48. The number of methoxy groups -OCH3 is 1. The molecule has 9 nitrogen and oxygen atoms in total. The lowest BCUT2D eigenvalue weighted by molar-refractivity contribution is -0.137. The van der Waals surface area contributed by atoms with Gasteiger partial charge in [-0.3, -0.25) is 9.59 Å². The second kappa shape index (κ2) is 10.1. The van der Waals surface area contributed by atoms with Gasteiger partial charge >= 0.3 is 12.0 Å². The van der Waals surface area contributed by atoms with Crippen LogP contribution in [0.4, 0.5) is 10.5 Å². The number of benzene rings is 2. The van der Waals surface area contributed by atoms with Crippen molar-refractivity contribution in [2.45, 2.75) is 26.3 Å². The molecular formula is C25H27N3O6. The van der Waals surface area contributed by atoms with Gasteiger partial charge in [0.1, 0.15) is 11.5 Å². The van der Waals surface area contributed by atoms with Gasteiger partial charge in [-0.25, -0.2) is 4.79 Å². The fourth-order valence-electron chi connectivity index (χ4n) is 3.73. The Kier molecular flexibility index (Phi) is 7.25. The molecule has 0 unspecified atom stereocenters. The van der Waals surface area contributed by atoms with E-state index in [0.29, 0.717) is 16.9 Å². The zero-order valence-corrected chi connectivity index (χ0v) is 19.4. The summed E-state index contributed by atoms with van der Waals surface area (Å²) in [6, 6.07) is 11.2. The quantitative estimate of drug-likeness (QED) is 0.421. The molecule has 9 heteroatoms. The topological polar surface area (TPSA) is 130 Å². The number of urea groups is 1. The lowest BCUT2D eigenvalue weighted by Gasteiger charge is -2.20. The molecule has 1 atom stereocenters. The molecule has 1 heterocycles. The Morgan fingerprint density at radius 1 is 1.12 bits per heavy atom. The third kappa shape index (κ3) is 5.37. The number of carbonyl (C=O) groups is 2. The molecule has 0 radical (unpaired) electrons. The first kappa shape index (κ1) is 24.4. The van der Waals surface area contributed by atoms with Crippen LogP contribution in [-0.4, -0.2) is 33.9 Å². The van der Waals surface area contributed by atoms with Gasteiger partial charge in [-0.15, -0.1) is 0 Å². The molecule has 0 spiro atoms. The first-order valence-electron chi connectivity index (χ1n) is 10.5. The van der Waals surface area contributed by atoms with E-state index in [1.807, 2.05) is 37.3 Å². The number of aromatic hydroxyl groups is 1. The van der Waals surface area contributed by atoms with E-state index >= 15 is 0 Å². The minimum absolute atomic E-state index is 0.291. The molecule has 3 aromatic rings. The molecular weight excluding hydrogens is 438 g/mol. The van der Waals surface area contributed by atoms with Crippen LogP contribution in [0.5, 0.6) is 11.5 Å². The molecule has 1 aromatic heterocycles. The molecule has 0 saturated heterocycles. The molecule has 4 N–H and O–H groups in total. The number of aromatic nitrogens is 1. The summed E-state index contributed by atoms with van der Waals surface area (Å²) >= 11 is 0. The normalized spacial score (nSPS) is 11.5. The smallest absolute Gasteiger partial charge is 0.319 e. The van der Waals surface area contributed by atoms with Crippen molar-refractivity contribution in [1.82, 2.24) is 9.88 Å². The molecule has 0 fully saturated rings. The number of rotatable bonds is 7. The average Bonchev–Trinajstić information content (AvgIpc) is 2.79. The van der Waals surface area contributed by atoms with Crippen molar-refractivity contribution >= 4 is 17.7 Å². The monoisotopic (exact) mass is 465 g/mol. The van der Waals surface area contributed by atoms with Crippen LogP contribution in [0.25, 0.3) is 11.1 Å². The van der Waals surface area contributed by atoms with Gasteiger partial charge in [-0.2, -0.15) is 0 Å². The Bertz CT molecular complexity index is 1300. The first-order chi connectivity index (χ1) is 16.1. The molecule has 2 aromatic carbocycles. The van der Waals surface area contributed by atoms with Gasteiger partial charge in [0.25, 0.3) is 5.56 Å². The highest BCUT2D eigenvalue weighted by Gasteiger charge is 2.22. The number of nitrogens with one attached hydrogen (secondary N) is 2. The number of hydrogen-bond donors (Lipinski definition) is 4. The predicted octanol–water partition coefficient (Wildman–Crippen LogP) is 3.72. The highest BCUT2D eigenvalue weighted by Crippen LogP contribution is 2.32. The number of hydrogen-bond acceptors (Lipinski definition) is 5. The highest BCUT2D eigenvalue weighted by molar-refractivity contribution is 5.91. The third-order valence-electron chi connectivity index (χ3n) is 5.48. The van der Waals surface area contributed by atoms with E-state index in [-0.39, 0.29) is 11.4 Å². The van der Waals surface area contributed by atoms with E-state index in [4.69, 9.17) is 4.74 Å². The lowest BCUT2D eigenvalue weighted by atomic mass is 9.95. The summed E-state index contributed by atoms with van der Waals surface area (Å²) in [5.74, 6) is -0.977. The molecule has 0 saturated carbocycles. The van der Waals surface area contributed by atoms with Crippen molar-refractivity contribution in [3.8, 4) is 22.6 Å². The largest absolute Gasteiger partial charge is 0.505 e. The Balaban J connectivity index is 1.98. The van der Waals surface area contributed by atoms with Gasteiger partial charge < -0.3 is 30.2 Å². The van der Waals surface area contributed by atoms with Crippen LogP contribution in [0.2, 0.25) is 0 Å². The number of anilines is 1. The van der Waals surface area contributed by atoms with Crippen molar-refractivity contribution < 1.29 is 24.5 Å². The molecule has 0 bridgehead atoms. The minimum Gasteiger partial charge on any atom is -0.505 e. The molecule has 178 valence electrons. The molecule has 0 aliphatic rings. The van der Waals surface area contributed by atoms with Crippen LogP contribution in [0.15, 0.2) is 53.5 Å². The Labute approximate surface area is 196 Å². The van der Waals surface area contributed by atoms with Crippen LogP contribution < -0.4 is 20.9 Å². The predicted molar refractivity (Wildman–Crippen MR) is 128 cm³/mol. The number of nitrogens with zero attached hydrogens (tertiary/aromatic N) is 1. The maximum absolute atomic E-state index is 12.8. The Morgan fingerprint density at radius 3 is 2.47 bits per heavy atom. The zero-order valence-electron chi connectivity index (χ0n) is 19.4. The van der Waals surface area contributed by atoms with Gasteiger partial charge in [0.05, 0.1) is 19.6 Å². The fourth-order valence-corrected chi connectivity index (χ4v) is 3.73. The van der Waals surface area contributed by atoms with Crippen LogP contribution in [-0.2, 0) is 11.8 Å². The van der Waals surface area contributed by atoms with Gasteiger partial charge in [-0.1, -0.05) is 24.3 Å². The maximum Gasteiger partial charge on any atom is 0.319 e. The number of ether oxygens (including phenoxy) is 1. The number of amides is 2. The molecule has 2 amide bonds. The number of aryl methyl sites for hydroxylation is 3. The van der Waals surface area contributed by atoms with Crippen molar-refractivity contribution in [3.05, 3.63) is 75.7 Å². The highest BCUT2D eigenvalue weighted by atomic mass is 16.5. The first-order valence-corrected chi connectivity index (χ1v) is 10.5. The number of aliphatic carboxylic acids is 1. The summed E-state index contributed by atoms with van der Waals surface area (Å²) in [5, 5.41) is 24.7. The van der Waals surface area contributed by atoms with Crippen molar-refractivity contribution in [1.29, 1.82) is 0 Å². The van der Waals surface area contributed by atoms with E-state index in [1.165, 1.54) is 24.9 Å². The Hall–Kier alpha value is -4.27. The van der Waals surface area contributed by atoms with E-state index in [1.54, 1.807) is 19.1 Å². The number of carboxylic acids is 1. The van der Waals surface area contributed by atoms with Gasteiger partial charge in [0, 0.05) is 18.8 Å². The van der Waals surface area contributed by atoms with Crippen molar-refractivity contribution in [2.24, 2.45) is 7.05 Å². The minimum atomic E-state index is -1.13. The summed E-state index contributed by atoms with van der Waals surface area (Å²) in [6.07, 6.45) is 1.03. The van der Waals surface area contributed by atoms with E-state index in [9.17, 15) is 24.6 Å². The summed E-state index contributed by atoms with van der Waals surface area (Å²) < 4.78 is 6.65.